The number of nitrogens with one attached hydrogen (secondary N) is 1. The van der Waals surface area contributed by atoms with E-state index in [0.717, 1.165) is 17.5 Å². The van der Waals surface area contributed by atoms with Crippen molar-refractivity contribution in [2.45, 2.75) is 27.2 Å². The molecule has 0 bridgehead atoms. The molecule has 1 amide bonds. The Kier molecular flexibility index (Phi) is 8.16. The quantitative estimate of drug-likeness (QED) is 0.357. The summed E-state index contributed by atoms with van der Waals surface area (Å²) < 4.78 is 15.8. The molecule has 160 valence electrons. The van der Waals surface area contributed by atoms with E-state index in [0.29, 0.717) is 18.1 Å². The van der Waals surface area contributed by atoms with Crippen molar-refractivity contribution < 1.29 is 28.7 Å². The van der Waals surface area contributed by atoms with Gasteiger partial charge in [0.05, 0.1) is 11.5 Å². The molecule has 9 heteroatoms. The van der Waals surface area contributed by atoms with Crippen LogP contribution in [0.5, 0.6) is 11.5 Å². The van der Waals surface area contributed by atoms with Gasteiger partial charge in [0, 0.05) is 6.07 Å². The lowest BCUT2D eigenvalue weighted by molar-refractivity contribution is -0.384. The molecule has 0 unspecified atom stereocenters. The van der Waals surface area contributed by atoms with Crippen LogP contribution in [0.3, 0.4) is 0 Å². The van der Waals surface area contributed by atoms with Crippen LogP contribution in [0.25, 0.3) is 0 Å². The van der Waals surface area contributed by atoms with Gasteiger partial charge in [-0.25, -0.2) is 4.79 Å². The number of ether oxygens (including phenoxy) is 3. The molecule has 0 aliphatic heterocycles. The molecule has 0 aliphatic rings. The van der Waals surface area contributed by atoms with Crippen molar-refractivity contribution >= 4 is 23.3 Å². The van der Waals surface area contributed by atoms with Gasteiger partial charge in [0.15, 0.2) is 24.7 Å². The number of hydrogen-bond donors (Lipinski definition) is 1. The summed E-state index contributed by atoms with van der Waals surface area (Å²) in [5.74, 6) is -0.559. The standard InChI is InChI=1S/C21H24N2O7/c1-4-9-28-18-7-5-6-8-19(18)29-13-21(25)30-12-20(24)22-16-10-14(2)15(3)11-17(16)23(26)27/h5-8,10-11H,4,9,12-13H2,1-3H3,(H,22,24). The molecule has 0 atom stereocenters. The molecule has 0 aliphatic carbocycles. The highest BCUT2D eigenvalue weighted by Crippen LogP contribution is 2.28. The maximum Gasteiger partial charge on any atom is 0.344 e. The fraction of sp³-hybridized carbons (Fsp3) is 0.333. The molecule has 0 radical (unpaired) electrons. The predicted octanol–water partition coefficient (Wildman–Crippen LogP) is 3.56. The normalized spacial score (nSPS) is 10.2. The molecule has 0 heterocycles. The van der Waals surface area contributed by atoms with Gasteiger partial charge in [0.25, 0.3) is 11.6 Å². The molecule has 0 saturated heterocycles. The highest BCUT2D eigenvalue weighted by molar-refractivity contribution is 5.95. The number of rotatable bonds is 10. The lowest BCUT2D eigenvalue weighted by Crippen LogP contribution is -2.24. The molecule has 2 aromatic carbocycles. The average molecular weight is 416 g/mol. The summed E-state index contributed by atoms with van der Waals surface area (Å²) in [6.07, 6.45) is 0.824. The summed E-state index contributed by atoms with van der Waals surface area (Å²) in [6.45, 7) is 4.98. The Morgan fingerprint density at radius 1 is 1.03 bits per heavy atom. The topological polar surface area (TPSA) is 117 Å². The fourth-order valence-electron chi connectivity index (χ4n) is 2.46. The Bertz CT molecular complexity index is 928. The number of carbonyl (C=O) groups excluding carboxylic acids is 2. The largest absolute Gasteiger partial charge is 0.490 e. The third-order valence-electron chi connectivity index (χ3n) is 4.10. The van der Waals surface area contributed by atoms with Crippen LogP contribution in [0.1, 0.15) is 24.5 Å². The molecular weight excluding hydrogens is 392 g/mol. The van der Waals surface area contributed by atoms with Crippen molar-refractivity contribution in [3.63, 3.8) is 0 Å². The maximum absolute atomic E-state index is 12.1. The number of carbonyl (C=O) groups is 2. The van der Waals surface area contributed by atoms with E-state index in [1.54, 1.807) is 38.1 Å². The van der Waals surface area contributed by atoms with Crippen molar-refractivity contribution in [3.05, 3.63) is 57.6 Å². The number of nitro groups is 1. The Labute approximate surface area is 174 Å². The summed E-state index contributed by atoms with van der Waals surface area (Å²) in [5.41, 5.74) is 1.32. The van der Waals surface area contributed by atoms with Crippen LogP contribution in [0.4, 0.5) is 11.4 Å². The van der Waals surface area contributed by atoms with Crippen molar-refractivity contribution in [1.29, 1.82) is 0 Å². The number of nitrogens with zero attached hydrogens (tertiary/aromatic N) is 1. The SMILES string of the molecule is CCCOc1ccccc1OCC(=O)OCC(=O)Nc1cc(C)c(C)cc1[N+](=O)[O-]. The van der Waals surface area contributed by atoms with Gasteiger partial charge < -0.3 is 19.5 Å². The van der Waals surface area contributed by atoms with Crippen LogP contribution in [0, 0.1) is 24.0 Å². The highest BCUT2D eigenvalue weighted by atomic mass is 16.6. The number of amides is 1. The Morgan fingerprint density at radius 2 is 1.67 bits per heavy atom. The second kappa shape index (κ2) is 10.8. The Morgan fingerprint density at radius 3 is 2.30 bits per heavy atom. The van der Waals surface area contributed by atoms with Crippen LogP contribution >= 0.6 is 0 Å². The zero-order valence-corrected chi connectivity index (χ0v) is 17.1. The molecule has 2 rings (SSSR count). The van der Waals surface area contributed by atoms with Gasteiger partial charge >= 0.3 is 5.97 Å². The molecule has 2 aromatic rings. The minimum Gasteiger partial charge on any atom is -0.490 e. The maximum atomic E-state index is 12.1. The first-order valence-corrected chi connectivity index (χ1v) is 9.37. The summed E-state index contributed by atoms with van der Waals surface area (Å²) in [6, 6.07) is 9.78. The Balaban J connectivity index is 1.88. The molecule has 30 heavy (non-hydrogen) atoms. The van der Waals surface area contributed by atoms with Gasteiger partial charge in [0.1, 0.15) is 5.69 Å². The van der Waals surface area contributed by atoms with Crippen LogP contribution in [-0.4, -0.2) is 36.6 Å². The molecule has 9 nitrogen and oxygen atoms in total. The second-order valence-electron chi connectivity index (χ2n) is 6.50. The monoisotopic (exact) mass is 416 g/mol. The molecular formula is C21H24N2O7. The fourth-order valence-corrected chi connectivity index (χ4v) is 2.46. The first-order chi connectivity index (χ1) is 14.3. The van der Waals surface area contributed by atoms with E-state index in [2.05, 4.69) is 5.32 Å². The minimum absolute atomic E-state index is 0.0439. The molecule has 0 fully saturated rings. The molecule has 0 saturated carbocycles. The van der Waals surface area contributed by atoms with Crippen molar-refractivity contribution in [2.75, 3.05) is 25.1 Å². The first kappa shape index (κ1) is 22.7. The van der Waals surface area contributed by atoms with Gasteiger partial charge in [-0.05, 0) is 49.6 Å². The first-order valence-electron chi connectivity index (χ1n) is 9.37. The second-order valence-corrected chi connectivity index (χ2v) is 6.50. The smallest absolute Gasteiger partial charge is 0.344 e. The van der Waals surface area contributed by atoms with E-state index in [-0.39, 0.29) is 11.4 Å². The number of hydrogen-bond acceptors (Lipinski definition) is 7. The molecule has 0 aromatic heterocycles. The van der Waals surface area contributed by atoms with Crippen molar-refractivity contribution in [3.8, 4) is 11.5 Å². The van der Waals surface area contributed by atoms with Crippen LogP contribution in [0.2, 0.25) is 0 Å². The van der Waals surface area contributed by atoms with Crippen LogP contribution in [-0.2, 0) is 14.3 Å². The summed E-state index contributed by atoms with van der Waals surface area (Å²) in [4.78, 5) is 34.6. The van der Waals surface area contributed by atoms with E-state index < -0.39 is 30.0 Å². The zero-order valence-electron chi connectivity index (χ0n) is 17.1. The number of esters is 1. The Hall–Kier alpha value is -3.62. The van der Waals surface area contributed by atoms with Gasteiger partial charge in [-0.3, -0.25) is 14.9 Å². The van der Waals surface area contributed by atoms with Gasteiger partial charge in [-0.2, -0.15) is 0 Å². The minimum atomic E-state index is -0.759. The summed E-state index contributed by atoms with van der Waals surface area (Å²) in [7, 11) is 0. The lowest BCUT2D eigenvalue weighted by atomic mass is 10.1. The number of nitro benzene ring substituents is 1. The summed E-state index contributed by atoms with van der Waals surface area (Å²) >= 11 is 0. The molecule has 0 spiro atoms. The van der Waals surface area contributed by atoms with E-state index in [1.807, 2.05) is 6.92 Å². The van der Waals surface area contributed by atoms with E-state index >= 15 is 0 Å². The highest BCUT2D eigenvalue weighted by Gasteiger charge is 2.18. The van der Waals surface area contributed by atoms with Crippen molar-refractivity contribution in [2.24, 2.45) is 0 Å². The van der Waals surface area contributed by atoms with E-state index in [1.165, 1.54) is 12.1 Å². The zero-order chi connectivity index (χ0) is 22.1. The third kappa shape index (κ3) is 6.47. The van der Waals surface area contributed by atoms with Gasteiger partial charge in [0.2, 0.25) is 0 Å². The van der Waals surface area contributed by atoms with E-state index in [4.69, 9.17) is 14.2 Å². The lowest BCUT2D eigenvalue weighted by Gasteiger charge is -2.12. The number of para-hydroxylation sites is 2. The number of aryl methyl sites for hydroxylation is 2. The molecule has 1 N–H and O–H groups in total. The predicted molar refractivity (Wildman–Crippen MR) is 110 cm³/mol. The third-order valence-corrected chi connectivity index (χ3v) is 4.10. The number of benzene rings is 2. The van der Waals surface area contributed by atoms with Crippen LogP contribution in [0.15, 0.2) is 36.4 Å². The van der Waals surface area contributed by atoms with Crippen LogP contribution < -0.4 is 14.8 Å². The van der Waals surface area contributed by atoms with E-state index in [9.17, 15) is 19.7 Å². The average Bonchev–Trinajstić information content (AvgIpc) is 2.72. The summed E-state index contributed by atoms with van der Waals surface area (Å²) in [5, 5.41) is 13.6. The number of anilines is 1. The van der Waals surface area contributed by atoms with Gasteiger partial charge in [-0.15, -0.1) is 0 Å². The van der Waals surface area contributed by atoms with Gasteiger partial charge in [-0.1, -0.05) is 19.1 Å². The van der Waals surface area contributed by atoms with Crippen molar-refractivity contribution in [1.82, 2.24) is 0 Å².